The van der Waals surface area contributed by atoms with Crippen molar-refractivity contribution in [1.82, 2.24) is 0 Å². The van der Waals surface area contributed by atoms with Gasteiger partial charge in [-0.25, -0.2) is 0 Å². The van der Waals surface area contributed by atoms with Crippen molar-refractivity contribution in [2.45, 2.75) is 51.9 Å². The van der Waals surface area contributed by atoms with E-state index in [0.29, 0.717) is 10.3 Å². The third kappa shape index (κ3) is 3.31. The van der Waals surface area contributed by atoms with Crippen LogP contribution >= 0.6 is 7.92 Å². The van der Waals surface area contributed by atoms with Crippen molar-refractivity contribution in [3.8, 4) is 0 Å². The van der Waals surface area contributed by atoms with Gasteiger partial charge in [-0.05, 0) is 0 Å². The molecule has 0 saturated heterocycles. The monoisotopic (exact) mass is 224 g/mol. The van der Waals surface area contributed by atoms with Crippen molar-refractivity contribution in [1.29, 1.82) is 0 Å². The van der Waals surface area contributed by atoms with Gasteiger partial charge in [0.2, 0.25) is 0 Å². The molecule has 1 aromatic carbocycles. The van der Waals surface area contributed by atoms with E-state index in [1.807, 2.05) is 0 Å². The van der Waals surface area contributed by atoms with Crippen LogP contribution in [0.2, 0.25) is 0 Å². The zero-order valence-electron chi connectivity index (χ0n) is 11.0. The molecule has 1 heteroatoms. The second-order valence-electron chi connectivity index (χ2n) is 6.58. The number of benzene rings is 1. The average Bonchev–Trinajstić information content (AvgIpc) is 2.00. The summed E-state index contributed by atoms with van der Waals surface area (Å²) in [5.41, 5.74) is 0. The summed E-state index contributed by atoms with van der Waals surface area (Å²) in [7, 11) is -0.969. The molecule has 0 radical (unpaired) electrons. The maximum absolute atomic E-state index is 2.39. The van der Waals surface area contributed by atoms with Gasteiger partial charge in [0.1, 0.15) is 0 Å². The van der Waals surface area contributed by atoms with Gasteiger partial charge in [0.05, 0.1) is 0 Å². The van der Waals surface area contributed by atoms with Gasteiger partial charge < -0.3 is 0 Å². The summed E-state index contributed by atoms with van der Waals surface area (Å²) in [6.45, 7) is 14.3. The average molecular weight is 224 g/mol. The van der Waals surface area contributed by atoms with E-state index >= 15 is 0 Å². The zero-order chi connectivity index (χ0) is 11.7. The summed E-state index contributed by atoms with van der Waals surface area (Å²) in [6.07, 6.45) is 0. The first kappa shape index (κ1) is 12.7. The van der Waals surface area contributed by atoms with Gasteiger partial charge in [-0.3, -0.25) is 0 Å². The van der Waals surface area contributed by atoms with Crippen LogP contribution in [0, 0.1) is 0 Å². The Bertz CT molecular complexity index is 286. The third-order valence-corrected chi connectivity index (χ3v) is 7.38. The normalized spacial score (nSPS) is 13.9. The van der Waals surface area contributed by atoms with Gasteiger partial charge in [0.25, 0.3) is 0 Å². The SMILES string of the molecule is CC(C)(C)[PH2](c1ccccc1)C(C)(C)C. The molecular weight excluding hydrogens is 199 g/mol. The molecular formula is C14H25P. The Morgan fingerprint density at radius 3 is 1.47 bits per heavy atom. The number of rotatable bonds is 1. The van der Waals surface area contributed by atoms with Crippen LogP contribution in [0.3, 0.4) is 0 Å². The molecule has 0 heterocycles. The van der Waals surface area contributed by atoms with Crippen LogP contribution in [0.1, 0.15) is 41.5 Å². The zero-order valence-corrected chi connectivity index (χ0v) is 12.1. The summed E-state index contributed by atoms with van der Waals surface area (Å²) in [4.78, 5) is 0. The number of hydrogen-bond acceptors (Lipinski definition) is 0. The van der Waals surface area contributed by atoms with Crippen molar-refractivity contribution in [2.75, 3.05) is 0 Å². The summed E-state index contributed by atoms with van der Waals surface area (Å²) in [5, 5.41) is 2.48. The quantitative estimate of drug-likeness (QED) is 0.635. The van der Waals surface area contributed by atoms with Gasteiger partial charge in [0, 0.05) is 0 Å². The molecule has 1 rings (SSSR count). The molecule has 0 unspecified atom stereocenters. The molecule has 0 saturated carbocycles. The molecule has 0 nitrogen and oxygen atoms in total. The minimum atomic E-state index is -0.969. The van der Waals surface area contributed by atoms with Crippen LogP contribution in [0.4, 0.5) is 0 Å². The molecule has 1 aromatic rings. The second-order valence-corrected chi connectivity index (χ2v) is 11.6. The van der Waals surface area contributed by atoms with Gasteiger partial charge >= 0.3 is 95.4 Å². The van der Waals surface area contributed by atoms with Crippen LogP contribution in [-0.4, -0.2) is 10.3 Å². The van der Waals surface area contributed by atoms with Crippen LogP contribution in [0.5, 0.6) is 0 Å². The van der Waals surface area contributed by atoms with Crippen LogP contribution in [0.25, 0.3) is 0 Å². The van der Waals surface area contributed by atoms with E-state index in [0.717, 1.165) is 0 Å². The molecule has 0 N–H and O–H groups in total. The fourth-order valence-corrected chi connectivity index (χ4v) is 8.15. The maximum atomic E-state index is 2.39. The molecule has 0 atom stereocenters. The summed E-state index contributed by atoms with van der Waals surface area (Å²) in [5.74, 6) is 0. The summed E-state index contributed by atoms with van der Waals surface area (Å²) >= 11 is 0. The Labute approximate surface area is 95.9 Å². The fourth-order valence-electron chi connectivity index (χ4n) is 2.94. The van der Waals surface area contributed by atoms with Crippen LogP contribution < -0.4 is 5.30 Å². The predicted molar refractivity (Wildman–Crippen MR) is 75.3 cm³/mol. The molecule has 0 bridgehead atoms. The third-order valence-electron chi connectivity index (χ3n) is 2.86. The first-order chi connectivity index (χ1) is 6.73. The molecule has 0 aliphatic heterocycles. The molecule has 0 amide bonds. The van der Waals surface area contributed by atoms with E-state index in [4.69, 9.17) is 0 Å². The Balaban J connectivity index is 3.15. The standard InChI is InChI=1S/C14H25P/c1-13(2,3)15(14(4,5)6)12-10-8-7-9-11-12/h7-11H,15H2,1-6H3. The Kier molecular flexibility index (Phi) is 3.61. The summed E-state index contributed by atoms with van der Waals surface area (Å²) < 4.78 is 0. The van der Waals surface area contributed by atoms with E-state index < -0.39 is 7.92 Å². The Morgan fingerprint density at radius 2 is 1.13 bits per heavy atom. The Morgan fingerprint density at radius 1 is 0.733 bits per heavy atom. The van der Waals surface area contributed by atoms with E-state index in [1.165, 1.54) is 0 Å². The first-order valence-corrected chi connectivity index (χ1v) is 7.51. The molecule has 15 heavy (non-hydrogen) atoms. The topological polar surface area (TPSA) is 0 Å². The fraction of sp³-hybridized carbons (Fsp3) is 0.571. The van der Waals surface area contributed by atoms with Gasteiger partial charge in [-0.1, -0.05) is 0 Å². The number of hydrogen-bond donors (Lipinski definition) is 0. The second kappa shape index (κ2) is 4.26. The van der Waals surface area contributed by atoms with E-state index in [2.05, 4.69) is 71.9 Å². The van der Waals surface area contributed by atoms with E-state index in [9.17, 15) is 0 Å². The van der Waals surface area contributed by atoms with Gasteiger partial charge in [0.15, 0.2) is 0 Å². The molecule has 0 aromatic heterocycles. The Hall–Kier alpha value is -0.350. The van der Waals surface area contributed by atoms with E-state index in [-0.39, 0.29) is 0 Å². The van der Waals surface area contributed by atoms with Crippen LogP contribution in [0.15, 0.2) is 30.3 Å². The van der Waals surface area contributed by atoms with Crippen LogP contribution in [-0.2, 0) is 0 Å². The van der Waals surface area contributed by atoms with Gasteiger partial charge in [-0.15, -0.1) is 0 Å². The molecule has 0 aliphatic carbocycles. The summed E-state index contributed by atoms with van der Waals surface area (Å²) in [6, 6.07) is 11.1. The molecule has 0 aliphatic rings. The molecule has 86 valence electrons. The minimum absolute atomic E-state index is 0.444. The van der Waals surface area contributed by atoms with Crippen molar-refractivity contribution in [3.05, 3.63) is 30.3 Å². The van der Waals surface area contributed by atoms with Crippen molar-refractivity contribution in [2.24, 2.45) is 0 Å². The molecule has 0 spiro atoms. The van der Waals surface area contributed by atoms with Gasteiger partial charge in [-0.2, -0.15) is 0 Å². The van der Waals surface area contributed by atoms with Crippen molar-refractivity contribution >= 4 is 13.2 Å². The molecule has 0 fully saturated rings. The predicted octanol–water partition coefficient (Wildman–Crippen LogP) is 3.86. The van der Waals surface area contributed by atoms with Crippen molar-refractivity contribution in [3.63, 3.8) is 0 Å². The first-order valence-electron chi connectivity index (χ1n) is 5.78. The van der Waals surface area contributed by atoms with Crippen molar-refractivity contribution < 1.29 is 0 Å². The van der Waals surface area contributed by atoms with E-state index in [1.54, 1.807) is 5.30 Å².